The molecule has 3 rings (SSSR count). The largest absolute Gasteiger partial charge is 0.471 e. The Morgan fingerprint density at radius 3 is 2.54 bits per heavy atom. The van der Waals surface area contributed by atoms with Gasteiger partial charge in [-0.15, -0.1) is 0 Å². The van der Waals surface area contributed by atoms with Crippen molar-refractivity contribution in [2.45, 2.75) is 39.2 Å². The van der Waals surface area contributed by atoms with Gasteiger partial charge in [-0.2, -0.15) is 0 Å². The van der Waals surface area contributed by atoms with E-state index in [0.29, 0.717) is 22.9 Å². The van der Waals surface area contributed by atoms with Crippen LogP contribution in [0, 0.1) is 5.92 Å². The number of benzene rings is 1. The SMILES string of the molecule is CC(C)C(=O)OOC(=O)c1c(OC2CCc3cc(Cl)c(Cl)cc3C2)nnn1C. The average Bonchev–Trinajstić information content (AvgIpc) is 3.00. The van der Waals surface area contributed by atoms with Crippen LogP contribution < -0.4 is 4.74 Å². The predicted molar refractivity (Wildman–Crippen MR) is 100 cm³/mol. The Kier molecular flexibility index (Phi) is 6.10. The van der Waals surface area contributed by atoms with E-state index in [1.54, 1.807) is 13.8 Å². The van der Waals surface area contributed by atoms with Gasteiger partial charge in [-0.05, 0) is 36.1 Å². The molecule has 0 bridgehead atoms. The maximum Gasteiger partial charge on any atom is 0.409 e. The van der Waals surface area contributed by atoms with E-state index in [4.69, 9.17) is 27.9 Å². The predicted octanol–water partition coefficient (Wildman–Crippen LogP) is 3.33. The first-order chi connectivity index (χ1) is 13.3. The molecule has 1 aromatic heterocycles. The maximum atomic E-state index is 12.3. The van der Waals surface area contributed by atoms with Gasteiger partial charge in [0, 0.05) is 13.5 Å². The van der Waals surface area contributed by atoms with E-state index in [-0.39, 0.29) is 17.7 Å². The van der Waals surface area contributed by atoms with Crippen molar-refractivity contribution in [3.05, 3.63) is 39.0 Å². The number of ether oxygens (including phenoxy) is 1. The highest BCUT2D eigenvalue weighted by molar-refractivity contribution is 6.42. The van der Waals surface area contributed by atoms with Crippen LogP contribution in [-0.4, -0.2) is 33.0 Å². The molecule has 0 fully saturated rings. The second kappa shape index (κ2) is 8.36. The zero-order chi connectivity index (χ0) is 20.4. The minimum Gasteiger partial charge on any atom is -0.471 e. The van der Waals surface area contributed by atoms with Crippen molar-refractivity contribution in [3.63, 3.8) is 0 Å². The third-order valence-corrected chi connectivity index (χ3v) is 5.09. The summed E-state index contributed by atoms with van der Waals surface area (Å²) in [6.07, 6.45) is 1.81. The van der Waals surface area contributed by atoms with E-state index in [2.05, 4.69) is 20.1 Å². The molecule has 28 heavy (non-hydrogen) atoms. The number of halogens is 2. The van der Waals surface area contributed by atoms with E-state index in [1.807, 2.05) is 12.1 Å². The zero-order valence-corrected chi connectivity index (χ0v) is 17.1. The fourth-order valence-corrected chi connectivity index (χ4v) is 3.20. The summed E-state index contributed by atoms with van der Waals surface area (Å²) in [7, 11) is 1.51. The van der Waals surface area contributed by atoms with Gasteiger partial charge in [-0.3, -0.25) is 0 Å². The first-order valence-electron chi connectivity index (χ1n) is 8.72. The van der Waals surface area contributed by atoms with Crippen LogP contribution in [0.5, 0.6) is 5.88 Å². The zero-order valence-electron chi connectivity index (χ0n) is 15.6. The Balaban J connectivity index is 1.71. The van der Waals surface area contributed by atoms with Gasteiger partial charge in [0.2, 0.25) is 5.69 Å². The van der Waals surface area contributed by atoms with Crippen LogP contribution in [0.25, 0.3) is 0 Å². The van der Waals surface area contributed by atoms with Crippen LogP contribution in [0.1, 0.15) is 41.9 Å². The van der Waals surface area contributed by atoms with Crippen molar-refractivity contribution in [3.8, 4) is 5.88 Å². The summed E-state index contributed by atoms with van der Waals surface area (Å²) in [6.45, 7) is 3.24. The summed E-state index contributed by atoms with van der Waals surface area (Å²) < 4.78 is 7.10. The molecule has 2 aromatic rings. The molecule has 0 radical (unpaired) electrons. The number of carbonyl (C=O) groups excluding carboxylic acids is 2. The number of nitrogens with zero attached hydrogens (tertiary/aromatic N) is 3. The number of fused-ring (bicyclic) bond motifs is 1. The Morgan fingerprint density at radius 1 is 1.18 bits per heavy atom. The molecule has 1 atom stereocenters. The highest BCUT2D eigenvalue weighted by Crippen LogP contribution is 2.32. The molecule has 1 heterocycles. The summed E-state index contributed by atoms with van der Waals surface area (Å²) in [5.41, 5.74) is 2.11. The number of rotatable bonds is 4. The quantitative estimate of drug-likeness (QED) is 0.545. The van der Waals surface area contributed by atoms with Gasteiger partial charge in [0.1, 0.15) is 6.10 Å². The van der Waals surface area contributed by atoms with E-state index in [1.165, 1.54) is 11.7 Å². The number of hydrogen-bond acceptors (Lipinski definition) is 7. The van der Waals surface area contributed by atoms with E-state index in [9.17, 15) is 9.59 Å². The molecule has 0 saturated carbocycles. The van der Waals surface area contributed by atoms with Gasteiger partial charge >= 0.3 is 11.9 Å². The molecule has 10 heteroatoms. The fraction of sp³-hybridized carbons (Fsp3) is 0.444. The number of aryl methyl sites for hydroxylation is 2. The van der Waals surface area contributed by atoms with Crippen molar-refractivity contribution in [2.24, 2.45) is 13.0 Å². The van der Waals surface area contributed by atoms with Crippen LogP contribution in [0.2, 0.25) is 10.0 Å². The summed E-state index contributed by atoms with van der Waals surface area (Å²) in [4.78, 5) is 32.9. The fourth-order valence-electron chi connectivity index (χ4n) is 2.83. The first kappa shape index (κ1) is 20.4. The Morgan fingerprint density at radius 2 is 1.86 bits per heavy atom. The van der Waals surface area contributed by atoms with Crippen molar-refractivity contribution in [2.75, 3.05) is 0 Å². The van der Waals surface area contributed by atoms with Crippen LogP contribution >= 0.6 is 23.2 Å². The summed E-state index contributed by atoms with van der Waals surface area (Å²) in [5.74, 6) is -2.00. The third-order valence-electron chi connectivity index (χ3n) is 4.36. The lowest BCUT2D eigenvalue weighted by atomic mass is 9.90. The summed E-state index contributed by atoms with van der Waals surface area (Å²) in [6, 6.07) is 3.69. The van der Waals surface area contributed by atoms with Gasteiger partial charge in [0.25, 0.3) is 5.88 Å². The molecule has 8 nitrogen and oxygen atoms in total. The molecule has 0 spiro atoms. The molecule has 1 aliphatic rings. The molecular weight excluding hydrogens is 409 g/mol. The van der Waals surface area contributed by atoms with Gasteiger partial charge in [-0.1, -0.05) is 47.4 Å². The van der Waals surface area contributed by atoms with Crippen LogP contribution in [-0.2, 0) is 34.5 Å². The van der Waals surface area contributed by atoms with Gasteiger partial charge in [0.15, 0.2) is 0 Å². The smallest absolute Gasteiger partial charge is 0.409 e. The molecule has 1 aromatic carbocycles. The Hall–Kier alpha value is -2.32. The van der Waals surface area contributed by atoms with E-state index >= 15 is 0 Å². The van der Waals surface area contributed by atoms with Gasteiger partial charge in [0.05, 0.1) is 16.0 Å². The maximum absolute atomic E-state index is 12.3. The summed E-state index contributed by atoms with van der Waals surface area (Å²) in [5, 5.41) is 8.69. The van der Waals surface area contributed by atoms with Crippen molar-refractivity contribution >= 4 is 35.1 Å². The lowest BCUT2D eigenvalue weighted by Crippen LogP contribution is -2.26. The van der Waals surface area contributed by atoms with Gasteiger partial charge in [-0.25, -0.2) is 24.0 Å². The molecule has 1 aliphatic carbocycles. The highest BCUT2D eigenvalue weighted by atomic mass is 35.5. The summed E-state index contributed by atoms with van der Waals surface area (Å²) >= 11 is 12.2. The third kappa shape index (κ3) is 4.39. The second-order valence-electron chi connectivity index (χ2n) is 6.81. The molecule has 0 aliphatic heterocycles. The van der Waals surface area contributed by atoms with Crippen LogP contribution in [0.3, 0.4) is 0 Å². The standard InChI is InChI=1S/C18H19Cl2N3O5/c1-9(2)17(24)27-28-18(25)15-16(21-22-23(15)3)26-12-5-4-10-7-13(19)14(20)8-11(10)6-12/h7-9,12H,4-6H2,1-3H3. The van der Waals surface area contributed by atoms with Crippen molar-refractivity contribution < 1.29 is 24.1 Å². The molecular formula is C18H19Cl2N3O5. The molecule has 150 valence electrons. The van der Waals surface area contributed by atoms with Crippen LogP contribution in [0.15, 0.2) is 12.1 Å². The monoisotopic (exact) mass is 427 g/mol. The molecule has 0 amide bonds. The lowest BCUT2D eigenvalue weighted by molar-refractivity contribution is -0.237. The number of aromatic nitrogens is 3. The molecule has 1 unspecified atom stereocenters. The number of carbonyl (C=O) groups is 2. The topological polar surface area (TPSA) is 92.5 Å². The van der Waals surface area contributed by atoms with Gasteiger partial charge < -0.3 is 4.74 Å². The van der Waals surface area contributed by atoms with Crippen molar-refractivity contribution in [1.29, 1.82) is 0 Å². The second-order valence-corrected chi connectivity index (χ2v) is 7.63. The van der Waals surface area contributed by atoms with E-state index in [0.717, 1.165) is 17.5 Å². The van der Waals surface area contributed by atoms with E-state index < -0.39 is 17.9 Å². The van der Waals surface area contributed by atoms with Crippen molar-refractivity contribution in [1.82, 2.24) is 15.0 Å². The Labute approximate surface area is 171 Å². The molecule has 0 saturated heterocycles. The minimum atomic E-state index is -0.914. The lowest BCUT2D eigenvalue weighted by Gasteiger charge is -2.25. The average molecular weight is 428 g/mol. The van der Waals surface area contributed by atoms with Crippen LogP contribution in [0.4, 0.5) is 0 Å². The Bertz CT molecular complexity index is 913. The number of hydrogen-bond donors (Lipinski definition) is 0. The normalized spacial score (nSPS) is 15.9. The molecule has 0 N–H and O–H groups in total. The first-order valence-corrected chi connectivity index (χ1v) is 9.47. The minimum absolute atomic E-state index is 0.0154. The highest BCUT2D eigenvalue weighted by Gasteiger charge is 2.28.